The fourth-order valence-corrected chi connectivity index (χ4v) is 2.88. The van der Waals surface area contributed by atoms with Gasteiger partial charge in [-0.2, -0.15) is 8.78 Å². The molecule has 122 valence electrons. The van der Waals surface area contributed by atoms with E-state index < -0.39 is 6.61 Å². The van der Waals surface area contributed by atoms with Gasteiger partial charge in [-0.15, -0.1) is 12.4 Å². The monoisotopic (exact) mass is 332 g/mol. The number of ether oxygens (including phenoxy) is 1. The average Bonchev–Trinajstić information content (AvgIpc) is 2.35. The van der Waals surface area contributed by atoms with E-state index in [1.807, 2.05) is 0 Å². The Morgan fingerprint density at radius 1 is 1.36 bits per heavy atom. The number of hydrogen-bond donors (Lipinski definition) is 2. The number of carbonyl (C=O) groups excluding carboxylic acids is 1. The molecule has 1 heterocycles. The number of halogens is 3. The van der Waals surface area contributed by atoms with Crippen molar-refractivity contribution in [3.63, 3.8) is 0 Å². The van der Waals surface area contributed by atoms with Crippen molar-refractivity contribution in [1.82, 2.24) is 10.6 Å². The zero-order chi connectivity index (χ0) is 14.8. The van der Waals surface area contributed by atoms with E-state index >= 15 is 0 Å². The van der Waals surface area contributed by atoms with Crippen LogP contribution in [0.4, 0.5) is 8.78 Å². The molecule has 2 aliphatic rings. The molecule has 4 nitrogen and oxygen atoms in total. The third-order valence-corrected chi connectivity index (χ3v) is 4.12. The number of fused-ring (bicyclic) bond motifs is 1. The second-order valence-electron chi connectivity index (χ2n) is 5.55. The lowest BCUT2D eigenvalue weighted by Crippen LogP contribution is -2.51. The van der Waals surface area contributed by atoms with Crippen LogP contribution in [-0.2, 0) is 11.2 Å². The van der Waals surface area contributed by atoms with Gasteiger partial charge in [0.05, 0.1) is 12.0 Å². The Labute approximate surface area is 134 Å². The summed E-state index contributed by atoms with van der Waals surface area (Å²) in [7, 11) is 0. The first-order chi connectivity index (χ1) is 10.1. The van der Waals surface area contributed by atoms with Crippen molar-refractivity contribution in [1.29, 1.82) is 0 Å². The Balaban J connectivity index is 0.00000176. The molecule has 22 heavy (non-hydrogen) atoms. The van der Waals surface area contributed by atoms with Gasteiger partial charge in [0, 0.05) is 13.1 Å². The second kappa shape index (κ2) is 7.24. The Morgan fingerprint density at radius 2 is 2.14 bits per heavy atom. The van der Waals surface area contributed by atoms with Gasteiger partial charge in [0.2, 0.25) is 5.91 Å². The zero-order valence-electron chi connectivity index (χ0n) is 12.0. The van der Waals surface area contributed by atoms with Crippen molar-refractivity contribution < 1.29 is 18.3 Å². The van der Waals surface area contributed by atoms with Crippen LogP contribution in [0.15, 0.2) is 18.2 Å². The molecule has 1 aliphatic heterocycles. The van der Waals surface area contributed by atoms with Gasteiger partial charge < -0.3 is 15.4 Å². The van der Waals surface area contributed by atoms with Crippen LogP contribution in [0.2, 0.25) is 0 Å². The van der Waals surface area contributed by atoms with Crippen molar-refractivity contribution in [2.75, 3.05) is 13.1 Å². The fraction of sp³-hybridized carbons (Fsp3) is 0.533. The third kappa shape index (κ3) is 3.67. The maximum Gasteiger partial charge on any atom is 0.387 e. The van der Waals surface area contributed by atoms with E-state index in [9.17, 15) is 13.6 Å². The largest absolute Gasteiger partial charge is 0.435 e. The summed E-state index contributed by atoms with van der Waals surface area (Å²) in [4.78, 5) is 12.0. The minimum atomic E-state index is -2.81. The summed E-state index contributed by atoms with van der Waals surface area (Å²) in [5.41, 5.74) is 2.00. The zero-order valence-corrected chi connectivity index (χ0v) is 12.8. The van der Waals surface area contributed by atoms with Crippen molar-refractivity contribution in [2.45, 2.75) is 31.9 Å². The lowest BCUT2D eigenvalue weighted by atomic mass is 9.87. The Kier molecular flexibility index (Phi) is 5.58. The quantitative estimate of drug-likeness (QED) is 0.890. The SMILES string of the molecule is Cl.O=C(NC1CCCc2cc(OC(F)F)ccc21)C1CNC1. The molecule has 0 saturated carbocycles. The van der Waals surface area contributed by atoms with Crippen molar-refractivity contribution in [2.24, 2.45) is 5.92 Å². The molecule has 2 N–H and O–H groups in total. The van der Waals surface area contributed by atoms with E-state index in [-0.39, 0.29) is 36.0 Å². The smallest absolute Gasteiger partial charge is 0.387 e. The first-order valence-electron chi connectivity index (χ1n) is 7.22. The summed E-state index contributed by atoms with van der Waals surface area (Å²) in [6, 6.07) is 4.96. The molecule has 1 atom stereocenters. The molecule has 0 aromatic heterocycles. The van der Waals surface area contributed by atoms with Crippen LogP contribution in [0, 0.1) is 5.92 Å². The highest BCUT2D eigenvalue weighted by atomic mass is 35.5. The van der Waals surface area contributed by atoms with E-state index in [1.54, 1.807) is 18.2 Å². The van der Waals surface area contributed by atoms with E-state index in [2.05, 4.69) is 15.4 Å². The molecule has 1 aromatic carbocycles. The Bertz CT molecular complexity index is 538. The lowest BCUT2D eigenvalue weighted by Gasteiger charge is -2.31. The number of hydrogen-bond acceptors (Lipinski definition) is 3. The molecule has 1 aromatic rings. The van der Waals surface area contributed by atoms with E-state index in [0.717, 1.165) is 43.5 Å². The molecule has 1 aliphatic carbocycles. The summed E-state index contributed by atoms with van der Waals surface area (Å²) in [6.07, 6.45) is 2.64. The van der Waals surface area contributed by atoms with E-state index in [4.69, 9.17) is 0 Å². The molecule has 1 saturated heterocycles. The van der Waals surface area contributed by atoms with Gasteiger partial charge in [-0.25, -0.2) is 0 Å². The Hall–Kier alpha value is -1.40. The molecule has 0 bridgehead atoms. The molecule has 3 rings (SSSR count). The van der Waals surface area contributed by atoms with Crippen LogP contribution in [-0.4, -0.2) is 25.6 Å². The van der Waals surface area contributed by atoms with Crippen molar-refractivity contribution in [3.8, 4) is 5.75 Å². The topological polar surface area (TPSA) is 50.4 Å². The van der Waals surface area contributed by atoms with Crippen LogP contribution in [0.3, 0.4) is 0 Å². The highest BCUT2D eigenvalue weighted by Crippen LogP contribution is 2.32. The van der Waals surface area contributed by atoms with Crippen LogP contribution >= 0.6 is 12.4 Å². The molecule has 1 fully saturated rings. The molecule has 0 radical (unpaired) electrons. The summed E-state index contributed by atoms with van der Waals surface area (Å²) >= 11 is 0. The molecular formula is C15H19ClF2N2O2. The predicted molar refractivity (Wildman–Crippen MR) is 80.5 cm³/mol. The molecular weight excluding hydrogens is 314 g/mol. The summed E-state index contributed by atoms with van der Waals surface area (Å²) in [6.45, 7) is -1.35. The van der Waals surface area contributed by atoms with Crippen molar-refractivity contribution in [3.05, 3.63) is 29.3 Å². The Morgan fingerprint density at radius 3 is 2.77 bits per heavy atom. The summed E-state index contributed by atoms with van der Waals surface area (Å²) in [5.74, 6) is 0.301. The number of nitrogens with one attached hydrogen (secondary N) is 2. The standard InChI is InChI=1S/C15H18F2N2O2.ClH/c16-15(17)21-11-4-5-12-9(6-11)2-1-3-13(12)19-14(20)10-7-18-8-10;/h4-6,10,13,15,18H,1-3,7-8H2,(H,19,20);1H. The highest BCUT2D eigenvalue weighted by Gasteiger charge is 2.29. The minimum Gasteiger partial charge on any atom is -0.435 e. The van der Waals surface area contributed by atoms with Gasteiger partial charge in [0.15, 0.2) is 0 Å². The van der Waals surface area contributed by atoms with E-state index in [1.165, 1.54) is 0 Å². The highest BCUT2D eigenvalue weighted by molar-refractivity contribution is 5.85. The molecule has 1 amide bonds. The number of aryl methyl sites for hydroxylation is 1. The first-order valence-corrected chi connectivity index (χ1v) is 7.22. The molecule has 0 spiro atoms. The number of carbonyl (C=O) groups is 1. The van der Waals surface area contributed by atoms with E-state index in [0.29, 0.717) is 0 Å². The predicted octanol–water partition coefficient (Wildman–Crippen LogP) is 2.42. The maximum absolute atomic E-state index is 12.3. The van der Waals surface area contributed by atoms with Crippen molar-refractivity contribution >= 4 is 18.3 Å². The average molecular weight is 333 g/mol. The summed E-state index contributed by atoms with van der Waals surface area (Å²) in [5, 5.41) is 6.15. The van der Waals surface area contributed by atoms with Gasteiger partial charge in [0.1, 0.15) is 5.75 Å². The normalized spacial score (nSPS) is 20.6. The molecule has 7 heteroatoms. The van der Waals surface area contributed by atoms with Gasteiger partial charge in [-0.1, -0.05) is 6.07 Å². The third-order valence-electron chi connectivity index (χ3n) is 4.12. The number of amides is 1. The summed E-state index contributed by atoms with van der Waals surface area (Å²) < 4.78 is 28.9. The molecule has 1 unspecified atom stereocenters. The minimum absolute atomic E-state index is 0. The maximum atomic E-state index is 12.3. The fourth-order valence-electron chi connectivity index (χ4n) is 2.88. The van der Waals surface area contributed by atoms with Gasteiger partial charge in [0.25, 0.3) is 0 Å². The van der Waals surface area contributed by atoms with Crippen LogP contribution in [0.1, 0.15) is 30.0 Å². The van der Waals surface area contributed by atoms with Gasteiger partial charge in [-0.3, -0.25) is 4.79 Å². The van der Waals surface area contributed by atoms with Crippen LogP contribution < -0.4 is 15.4 Å². The van der Waals surface area contributed by atoms with Crippen LogP contribution in [0.5, 0.6) is 5.75 Å². The second-order valence-corrected chi connectivity index (χ2v) is 5.55. The number of benzene rings is 1. The van der Waals surface area contributed by atoms with Gasteiger partial charge in [-0.05, 0) is 42.5 Å². The van der Waals surface area contributed by atoms with Gasteiger partial charge >= 0.3 is 6.61 Å². The first kappa shape index (κ1) is 17.0. The van der Waals surface area contributed by atoms with Crippen LogP contribution in [0.25, 0.3) is 0 Å². The lowest BCUT2D eigenvalue weighted by molar-refractivity contribution is -0.127. The number of alkyl halides is 2. The number of rotatable bonds is 4.